The highest BCUT2D eigenvalue weighted by atomic mass is 35.5. The van der Waals surface area contributed by atoms with E-state index in [1.54, 1.807) is 15.9 Å². The zero-order valence-corrected chi connectivity index (χ0v) is 13.4. The molecule has 0 N–H and O–H groups in total. The van der Waals surface area contributed by atoms with Gasteiger partial charge in [0.2, 0.25) is 0 Å². The summed E-state index contributed by atoms with van der Waals surface area (Å²) in [6.45, 7) is 4.35. The van der Waals surface area contributed by atoms with Crippen LogP contribution in [0.1, 0.15) is 29.9 Å². The molecule has 0 aromatic carbocycles. The number of thiophene rings is 1. The van der Waals surface area contributed by atoms with Gasteiger partial charge in [0.05, 0.1) is 27.8 Å². The normalized spacial score (nSPS) is 16.8. The van der Waals surface area contributed by atoms with Crippen molar-refractivity contribution in [2.45, 2.75) is 25.8 Å². The Balaban J connectivity index is 1.92. The highest BCUT2D eigenvalue weighted by molar-refractivity contribution is 7.12. The zero-order chi connectivity index (χ0) is 14.6. The second-order valence-corrected chi connectivity index (χ2v) is 7.26. The SMILES string of the molecule is CC1(C)Cc2ccsc2C(c2cnn3c(Cl)ccc3c2)=N1. The van der Waals surface area contributed by atoms with Crippen molar-refractivity contribution in [1.29, 1.82) is 0 Å². The molecule has 4 heterocycles. The summed E-state index contributed by atoms with van der Waals surface area (Å²) in [6, 6.07) is 8.14. The first-order valence-corrected chi connectivity index (χ1v) is 8.09. The molecule has 21 heavy (non-hydrogen) atoms. The summed E-state index contributed by atoms with van der Waals surface area (Å²) >= 11 is 7.84. The van der Waals surface area contributed by atoms with Crippen molar-refractivity contribution in [2.24, 2.45) is 4.99 Å². The molecule has 0 saturated carbocycles. The third-order valence-corrected chi connectivity index (χ3v) is 4.98. The molecule has 1 aliphatic heterocycles. The predicted octanol–water partition coefficient (Wildman–Crippen LogP) is 4.22. The third kappa shape index (κ3) is 2.10. The molecule has 106 valence electrons. The Morgan fingerprint density at radius 1 is 1.29 bits per heavy atom. The summed E-state index contributed by atoms with van der Waals surface area (Å²) in [4.78, 5) is 6.22. The largest absolute Gasteiger partial charge is 0.277 e. The maximum absolute atomic E-state index is 6.09. The Kier molecular flexibility index (Phi) is 2.75. The number of aliphatic imine (C=N–C) groups is 1. The van der Waals surface area contributed by atoms with Crippen molar-refractivity contribution in [2.75, 3.05) is 0 Å². The molecular formula is C16H14ClN3S. The van der Waals surface area contributed by atoms with E-state index in [9.17, 15) is 0 Å². The van der Waals surface area contributed by atoms with Crippen molar-refractivity contribution >= 4 is 34.2 Å². The minimum atomic E-state index is -0.0742. The van der Waals surface area contributed by atoms with Crippen LogP contribution in [0.3, 0.4) is 0 Å². The first-order chi connectivity index (χ1) is 10.0. The number of nitrogens with zero attached hydrogens (tertiary/aromatic N) is 3. The highest BCUT2D eigenvalue weighted by Crippen LogP contribution is 2.32. The molecule has 0 unspecified atom stereocenters. The Morgan fingerprint density at radius 3 is 3.00 bits per heavy atom. The standard InChI is InChI=1S/C16H14ClN3S/c1-16(2)8-10-5-6-21-15(10)14(19-16)11-7-12-3-4-13(17)20(12)18-9-11/h3-7,9H,8H2,1-2H3. The van der Waals surface area contributed by atoms with Gasteiger partial charge < -0.3 is 0 Å². The first kappa shape index (κ1) is 13.0. The van der Waals surface area contributed by atoms with E-state index in [2.05, 4.69) is 36.5 Å². The van der Waals surface area contributed by atoms with E-state index < -0.39 is 0 Å². The topological polar surface area (TPSA) is 29.7 Å². The quantitative estimate of drug-likeness (QED) is 0.661. The minimum Gasteiger partial charge on any atom is -0.277 e. The molecule has 3 aromatic rings. The molecule has 0 radical (unpaired) electrons. The van der Waals surface area contributed by atoms with Crippen LogP contribution in [-0.4, -0.2) is 20.9 Å². The number of fused-ring (bicyclic) bond motifs is 2. The summed E-state index contributed by atoms with van der Waals surface area (Å²) in [7, 11) is 0. The van der Waals surface area contributed by atoms with Crippen LogP contribution in [0.25, 0.3) is 5.52 Å². The fraction of sp³-hybridized carbons (Fsp3) is 0.250. The maximum Gasteiger partial charge on any atom is 0.131 e. The lowest BCUT2D eigenvalue weighted by Crippen LogP contribution is -2.28. The number of halogens is 1. The molecule has 0 fully saturated rings. The fourth-order valence-electron chi connectivity index (χ4n) is 2.83. The second-order valence-electron chi connectivity index (χ2n) is 5.96. The van der Waals surface area contributed by atoms with Crippen molar-refractivity contribution in [3.8, 4) is 0 Å². The summed E-state index contributed by atoms with van der Waals surface area (Å²) in [5, 5.41) is 7.19. The van der Waals surface area contributed by atoms with Crippen molar-refractivity contribution < 1.29 is 0 Å². The van der Waals surface area contributed by atoms with Crippen molar-refractivity contribution in [1.82, 2.24) is 9.61 Å². The van der Waals surface area contributed by atoms with Crippen LogP contribution in [0.2, 0.25) is 5.15 Å². The smallest absolute Gasteiger partial charge is 0.131 e. The van der Waals surface area contributed by atoms with Crippen molar-refractivity contribution in [3.05, 3.63) is 57.0 Å². The number of hydrogen-bond acceptors (Lipinski definition) is 3. The van der Waals surface area contributed by atoms with E-state index in [0.717, 1.165) is 23.2 Å². The van der Waals surface area contributed by atoms with Gasteiger partial charge in [-0.1, -0.05) is 11.6 Å². The van der Waals surface area contributed by atoms with Crippen molar-refractivity contribution in [3.63, 3.8) is 0 Å². The van der Waals surface area contributed by atoms with E-state index in [0.29, 0.717) is 5.15 Å². The van der Waals surface area contributed by atoms with E-state index in [-0.39, 0.29) is 5.54 Å². The lowest BCUT2D eigenvalue weighted by atomic mass is 9.90. The third-order valence-electron chi connectivity index (χ3n) is 3.73. The number of aromatic nitrogens is 2. The molecule has 0 aliphatic carbocycles. The van der Waals surface area contributed by atoms with Gasteiger partial charge in [-0.15, -0.1) is 11.3 Å². The number of hydrogen-bond donors (Lipinski definition) is 0. The lowest BCUT2D eigenvalue weighted by molar-refractivity contribution is 0.515. The van der Waals surface area contributed by atoms with Gasteiger partial charge in [-0.2, -0.15) is 5.10 Å². The average molecular weight is 316 g/mol. The van der Waals surface area contributed by atoms with Gasteiger partial charge >= 0.3 is 0 Å². The highest BCUT2D eigenvalue weighted by Gasteiger charge is 2.28. The molecule has 1 aliphatic rings. The maximum atomic E-state index is 6.09. The van der Waals surface area contributed by atoms with Gasteiger partial charge in [-0.05, 0) is 55.5 Å². The van der Waals surface area contributed by atoms with E-state index in [4.69, 9.17) is 16.6 Å². The van der Waals surface area contributed by atoms with Gasteiger partial charge in [-0.25, -0.2) is 4.52 Å². The van der Waals surface area contributed by atoms with Crippen LogP contribution in [-0.2, 0) is 6.42 Å². The molecule has 0 saturated heterocycles. The van der Waals surface area contributed by atoms with Crippen LogP contribution in [0.15, 0.2) is 40.8 Å². The van der Waals surface area contributed by atoms with Crippen LogP contribution < -0.4 is 0 Å². The van der Waals surface area contributed by atoms with Crippen LogP contribution in [0.5, 0.6) is 0 Å². The van der Waals surface area contributed by atoms with Crippen LogP contribution >= 0.6 is 22.9 Å². The van der Waals surface area contributed by atoms with Gasteiger partial charge in [0.25, 0.3) is 0 Å². The lowest BCUT2D eigenvalue weighted by Gasteiger charge is -2.27. The fourth-order valence-corrected chi connectivity index (χ4v) is 3.97. The minimum absolute atomic E-state index is 0.0742. The molecule has 4 rings (SSSR count). The molecule has 0 spiro atoms. The number of rotatable bonds is 1. The first-order valence-electron chi connectivity index (χ1n) is 6.84. The monoisotopic (exact) mass is 315 g/mol. The predicted molar refractivity (Wildman–Crippen MR) is 87.9 cm³/mol. The van der Waals surface area contributed by atoms with E-state index in [1.807, 2.05) is 18.3 Å². The Labute approximate surface area is 131 Å². The van der Waals surface area contributed by atoms with E-state index >= 15 is 0 Å². The molecule has 0 amide bonds. The molecule has 3 nitrogen and oxygen atoms in total. The summed E-state index contributed by atoms with van der Waals surface area (Å²) in [6.07, 6.45) is 2.84. The Morgan fingerprint density at radius 2 is 2.14 bits per heavy atom. The molecule has 0 atom stereocenters. The average Bonchev–Trinajstić information content (AvgIpc) is 3.03. The van der Waals surface area contributed by atoms with Crippen LogP contribution in [0, 0.1) is 0 Å². The molecule has 3 aromatic heterocycles. The molecule has 5 heteroatoms. The Bertz CT molecular complexity index is 873. The summed E-state index contributed by atoms with van der Waals surface area (Å²) < 4.78 is 1.73. The van der Waals surface area contributed by atoms with E-state index in [1.165, 1.54) is 10.4 Å². The summed E-state index contributed by atoms with van der Waals surface area (Å²) in [5.41, 5.74) is 4.39. The Hall–Kier alpha value is -1.65. The second kappa shape index (κ2) is 4.42. The van der Waals surface area contributed by atoms with Gasteiger partial charge in [0.1, 0.15) is 5.15 Å². The van der Waals surface area contributed by atoms with Gasteiger partial charge in [-0.3, -0.25) is 4.99 Å². The zero-order valence-electron chi connectivity index (χ0n) is 11.8. The molecule has 0 bridgehead atoms. The van der Waals surface area contributed by atoms with Gasteiger partial charge in [0, 0.05) is 5.56 Å². The van der Waals surface area contributed by atoms with Gasteiger partial charge in [0.15, 0.2) is 0 Å². The summed E-state index contributed by atoms with van der Waals surface area (Å²) in [5.74, 6) is 0. The molecular weight excluding hydrogens is 302 g/mol. The van der Waals surface area contributed by atoms with Crippen LogP contribution in [0.4, 0.5) is 0 Å².